The summed E-state index contributed by atoms with van der Waals surface area (Å²) in [7, 11) is 0. The van der Waals surface area contributed by atoms with Gasteiger partial charge in [0.2, 0.25) is 0 Å². The zero-order valence-electron chi connectivity index (χ0n) is 4.66. The molecule has 0 unspecified atom stereocenters. The molecule has 0 N–H and O–H groups in total. The maximum atomic E-state index is 4.84. The van der Waals surface area contributed by atoms with Gasteiger partial charge in [0, 0.05) is 11.8 Å². The maximum Gasteiger partial charge on any atom is 0.108 e. The molecule has 0 radical (unpaired) electrons. The second-order valence-corrected chi connectivity index (χ2v) is 1.56. The average Bonchev–Trinajstić information content (AvgIpc) is 1.94. The van der Waals surface area contributed by atoms with Gasteiger partial charge in [-0.05, 0) is 6.92 Å². The van der Waals surface area contributed by atoms with Crippen molar-refractivity contribution in [3.05, 3.63) is 24.3 Å². The van der Waals surface area contributed by atoms with E-state index in [2.05, 4.69) is 4.99 Å². The summed E-state index contributed by atoms with van der Waals surface area (Å²) < 4.78 is 4.84. The molecule has 1 heterocycles. The second kappa shape index (κ2) is 2.31. The highest BCUT2D eigenvalue weighted by atomic mass is 16.5. The normalized spacial score (nSPS) is 16.9. The summed E-state index contributed by atoms with van der Waals surface area (Å²) >= 11 is 0. The molecule has 0 aromatic rings. The quantitative estimate of drug-likeness (QED) is 0.461. The molecule has 0 fully saturated rings. The van der Waals surface area contributed by atoms with Crippen LogP contribution in [0.25, 0.3) is 0 Å². The summed E-state index contributed by atoms with van der Waals surface area (Å²) in [6.45, 7) is 1.93. The van der Waals surface area contributed by atoms with Gasteiger partial charge in [-0.1, -0.05) is 0 Å². The van der Waals surface area contributed by atoms with Crippen molar-refractivity contribution in [1.82, 2.24) is 0 Å². The molecule has 0 aromatic carbocycles. The fourth-order valence-electron chi connectivity index (χ4n) is 0.408. The predicted octanol–water partition coefficient (Wildman–Crippen LogP) is 1.46. The zero-order valence-corrected chi connectivity index (χ0v) is 4.66. The number of hydrogen-bond donors (Lipinski definition) is 0. The molecule has 0 aliphatic carbocycles. The van der Waals surface area contributed by atoms with Crippen molar-refractivity contribution in [2.45, 2.75) is 6.92 Å². The summed E-state index contributed by atoms with van der Waals surface area (Å²) in [6.07, 6.45) is 6.52. The molecule has 0 atom stereocenters. The summed E-state index contributed by atoms with van der Waals surface area (Å²) in [5.41, 5.74) is 1.02. The van der Waals surface area contributed by atoms with Gasteiger partial charge in [-0.2, -0.15) is 0 Å². The molecule has 42 valence electrons. The molecule has 1 aliphatic heterocycles. The van der Waals surface area contributed by atoms with Gasteiger partial charge >= 0.3 is 0 Å². The lowest BCUT2D eigenvalue weighted by atomic mass is 10.4. The van der Waals surface area contributed by atoms with Crippen LogP contribution in [0.4, 0.5) is 0 Å². The Kier molecular flexibility index (Phi) is 1.47. The SMILES string of the molecule is CC1=COC=CN=C1. The first-order chi connectivity index (χ1) is 3.89. The Morgan fingerprint density at radius 2 is 2.50 bits per heavy atom. The Morgan fingerprint density at radius 1 is 1.62 bits per heavy atom. The lowest BCUT2D eigenvalue weighted by molar-refractivity contribution is 0.400. The lowest BCUT2D eigenvalue weighted by Gasteiger charge is -1.84. The number of hydrogen-bond acceptors (Lipinski definition) is 2. The van der Waals surface area contributed by atoms with E-state index in [0.29, 0.717) is 0 Å². The van der Waals surface area contributed by atoms with Crippen LogP contribution in [-0.4, -0.2) is 6.21 Å². The van der Waals surface area contributed by atoms with Crippen LogP contribution in [0, 0.1) is 0 Å². The number of aliphatic imine (C=N–C) groups is 1. The van der Waals surface area contributed by atoms with Crippen molar-refractivity contribution >= 4 is 6.21 Å². The Balaban J connectivity index is 2.69. The highest BCUT2D eigenvalue weighted by Gasteiger charge is 1.82. The summed E-state index contributed by atoms with van der Waals surface area (Å²) in [5.74, 6) is 0. The number of ether oxygens (including phenoxy) is 1. The Labute approximate surface area is 48.2 Å². The topological polar surface area (TPSA) is 21.6 Å². The first-order valence-corrected chi connectivity index (χ1v) is 2.40. The molecular formula is C6H7NO. The minimum Gasteiger partial charge on any atom is -0.471 e. The van der Waals surface area contributed by atoms with Gasteiger partial charge in [0.25, 0.3) is 0 Å². The van der Waals surface area contributed by atoms with E-state index in [1.807, 2.05) is 6.92 Å². The first-order valence-electron chi connectivity index (χ1n) is 2.40. The number of rotatable bonds is 0. The van der Waals surface area contributed by atoms with Gasteiger partial charge in [-0.3, -0.25) is 4.99 Å². The van der Waals surface area contributed by atoms with E-state index in [4.69, 9.17) is 4.74 Å². The highest BCUT2D eigenvalue weighted by Crippen LogP contribution is 1.94. The number of nitrogens with zero attached hydrogens (tertiary/aromatic N) is 1. The molecule has 0 amide bonds. The predicted molar refractivity (Wildman–Crippen MR) is 32.5 cm³/mol. The fourth-order valence-corrected chi connectivity index (χ4v) is 0.408. The van der Waals surface area contributed by atoms with Gasteiger partial charge in [-0.25, -0.2) is 0 Å². The number of allylic oxidation sites excluding steroid dienone is 1. The van der Waals surface area contributed by atoms with Crippen molar-refractivity contribution in [2.75, 3.05) is 0 Å². The van der Waals surface area contributed by atoms with E-state index < -0.39 is 0 Å². The molecule has 2 heteroatoms. The van der Waals surface area contributed by atoms with Gasteiger partial charge in [0.15, 0.2) is 0 Å². The van der Waals surface area contributed by atoms with E-state index in [1.54, 1.807) is 18.7 Å². The van der Waals surface area contributed by atoms with Crippen molar-refractivity contribution in [1.29, 1.82) is 0 Å². The largest absolute Gasteiger partial charge is 0.471 e. The smallest absolute Gasteiger partial charge is 0.108 e. The standard InChI is InChI=1S/C6H7NO/c1-6-4-7-2-3-8-5-6/h2-5H,1H3. The fraction of sp³-hybridized carbons (Fsp3) is 0.167. The average molecular weight is 109 g/mol. The molecule has 0 spiro atoms. The molecule has 1 aliphatic rings. The van der Waals surface area contributed by atoms with Crippen LogP contribution in [0.5, 0.6) is 0 Å². The maximum absolute atomic E-state index is 4.84. The van der Waals surface area contributed by atoms with Crippen molar-refractivity contribution in [3.8, 4) is 0 Å². The molecule has 0 saturated carbocycles. The van der Waals surface area contributed by atoms with Crippen molar-refractivity contribution < 1.29 is 4.74 Å². The Morgan fingerprint density at radius 3 is 3.38 bits per heavy atom. The summed E-state index contributed by atoms with van der Waals surface area (Å²) in [6, 6.07) is 0. The van der Waals surface area contributed by atoms with E-state index in [-0.39, 0.29) is 0 Å². The molecule has 0 aromatic heterocycles. The van der Waals surface area contributed by atoms with E-state index >= 15 is 0 Å². The molecule has 8 heavy (non-hydrogen) atoms. The third kappa shape index (κ3) is 1.22. The van der Waals surface area contributed by atoms with Crippen molar-refractivity contribution in [2.24, 2.45) is 4.99 Å². The molecule has 2 nitrogen and oxygen atoms in total. The van der Waals surface area contributed by atoms with Gasteiger partial charge in [0.05, 0.1) is 12.5 Å². The summed E-state index contributed by atoms with van der Waals surface area (Å²) in [5, 5.41) is 0. The zero-order chi connectivity index (χ0) is 5.82. The molecule has 0 bridgehead atoms. The molecule has 0 saturated heterocycles. The molecule has 1 rings (SSSR count). The van der Waals surface area contributed by atoms with E-state index in [0.717, 1.165) is 5.57 Å². The Bertz CT molecular complexity index is 153. The monoisotopic (exact) mass is 109 g/mol. The first kappa shape index (κ1) is 5.09. The lowest BCUT2D eigenvalue weighted by Crippen LogP contribution is -1.73. The minimum absolute atomic E-state index is 1.02. The summed E-state index contributed by atoms with van der Waals surface area (Å²) in [4.78, 5) is 3.85. The minimum atomic E-state index is 1.02. The van der Waals surface area contributed by atoms with Crippen LogP contribution in [0.15, 0.2) is 29.3 Å². The van der Waals surface area contributed by atoms with Gasteiger partial charge < -0.3 is 4.74 Å². The Hall–Kier alpha value is -1.05. The molecular weight excluding hydrogens is 102 g/mol. The van der Waals surface area contributed by atoms with Crippen LogP contribution in [0.2, 0.25) is 0 Å². The highest BCUT2D eigenvalue weighted by molar-refractivity contribution is 5.77. The van der Waals surface area contributed by atoms with Gasteiger partial charge in [0.1, 0.15) is 6.26 Å². The van der Waals surface area contributed by atoms with Crippen LogP contribution in [-0.2, 0) is 4.74 Å². The third-order valence-electron chi connectivity index (χ3n) is 0.758. The van der Waals surface area contributed by atoms with Crippen LogP contribution in [0.3, 0.4) is 0 Å². The van der Waals surface area contributed by atoms with Crippen molar-refractivity contribution in [3.63, 3.8) is 0 Å². The third-order valence-corrected chi connectivity index (χ3v) is 0.758. The van der Waals surface area contributed by atoms with Gasteiger partial charge in [-0.15, -0.1) is 0 Å². The van der Waals surface area contributed by atoms with E-state index in [9.17, 15) is 0 Å². The second-order valence-electron chi connectivity index (χ2n) is 1.56. The van der Waals surface area contributed by atoms with E-state index in [1.165, 1.54) is 6.26 Å². The van der Waals surface area contributed by atoms with Crippen LogP contribution in [0.1, 0.15) is 6.92 Å². The van der Waals surface area contributed by atoms with Crippen LogP contribution >= 0.6 is 0 Å². The van der Waals surface area contributed by atoms with Crippen LogP contribution < -0.4 is 0 Å².